The maximum absolute atomic E-state index is 13.1. The fraction of sp³-hybridized carbons (Fsp3) is 0.222. The highest BCUT2D eigenvalue weighted by Crippen LogP contribution is 2.24. The summed E-state index contributed by atoms with van der Waals surface area (Å²) >= 11 is 2.90. The second-order valence-corrected chi connectivity index (χ2v) is 4.80. The standard InChI is InChI=1S/C9H9FN2S2/c10-6-1-3-14-9(6)7(11)5-8-12-2-4-13-8/h1-4,7H,5,11H2. The Morgan fingerprint density at radius 1 is 1.43 bits per heavy atom. The van der Waals surface area contributed by atoms with Crippen molar-refractivity contribution in [3.8, 4) is 0 Å². The van der Waals surface area contributed by atoms with E-state index < -0.39 is 0 Å². The van der Waals surface area contributed by atoms with E-state index in [2.05, 4.69) is 4.98 Å². The molecule has 2 heterocycles. The molecule has 14 heavy (non-hydrogen) atoms. The van der Waals surface area contributed by atoms with Crippen LogP contribution in [0.4, 0.5) is 4.39 Å². The Hall–Kier alpha value is -0.780. The maximum atomic E-state index is 13.1. The van der Waals surface area contributed by atoms with Crippen molar-refractivity contribution in [2.24, 2.45) is 5.73 Å². The van der Waals surface area contributed by atoms with Gasteiger partial charge in [0, 0.05) is 24.0 Å². The van der Waals surface area contributed by atoms with Crippen molar-refractivity contribution in [3.63, 3.8) is 0 Å². The van der Waals surface area contributed by atoms with Crippen molar-refractivity contribution >= 4 is 22.7 Å². The monoisotopic (exact) mass is 228 g/mol. The van der Waals surface area contributed by atoms with E-state index in [1.807, 2.05) is 5.38 Å². The number of hydrogen-bond acceptors (Lipinski definition) is 4. The van der Waals surface area contributed by atoms with E-state index >= 15 is 0 Å². The highest BCUT2D eigenvalue weighted by molar-refractivity contribution is 7.10. The summed E-state index contributed by atoms with van der Waals surface area (Å²) in [7, 11) is 0. The van der Waals surface area contributed by atoms with Crippen LogP contribution in [-0.2, 0) is 6.42 Å². The summed E-state index contributed by atoms with van der Waals surface area (Å²) in [6.07, 6.45) is 2.34. The van der Waals surface area contributed by atoms with Crippen molar-refractivity contribution in [1.82, 2.24) is 4.98 Å². The molecule has 1 unspecified atom stereocenters. The summed E-state index contributed by atoms with van der Waals surface area (Å²) in [6, 6.07) is 1.17. The maximum Gasteiger partial charge on any atom is 0.138 e. The Morgan fingerprint density at radius 2 is 2.29 bits per heavy atom. The van der Waals surface area contributed by atoms with Crippen LogP contribution >= 0.6 is 22.7 Å². The molecule has 2 aromatic heterocycles. The Balaban J connectivity index is 2.10. The van der Waals surface area contributed by atoms with E-state index in [0.29, 0.717) is 11.3 Å². The normalized spacial score (nSPS) is 13.0. The quantitative estimate of drug-likeness (QED) is 0.877. The molecule has 0 aromatic carbocycles. The first-order valence-corrected chi connectivity index (χ1v) is 5.90. The molecule has 0 aliphatic rings. The molecule has 0 bridgehead atoms. The van der Waals surface area contributed by atoms with Crippen LogP contribution in [0.15, 0.2) is 23.0 Å². The predicted molar refractivity (Wildman–Crippen MR) is 57.0 cm³/mol. The number of hydrogen-bond donors (Lipinski definition) is 1. The number of thiophene rings is 1. The van der Waals surface area contributed by atoms with Crippen LogP contribution in [-0.4, -0.2) is 4.98 Å². The molecule has 5 heteroatoms. The van der Waals surface area contributed by atoms with Gasteiger partial charge in [-0.05, 0) is 11.4 Å². The molecule has 0 saturated heterocycles. The van der Waals surface area contributed by atoms with Crippen molar-refractivity contribution < 1.29 is 4.39 Å². The third-order valence-corrected chi connectivity index (χ3v) is 3.69. The number of thiazole rings is 1. The highest BCUT2D eigenvalue weighted by atomic mass is 32.1. The highest BCUT2D eigenvalue weighted by Gasteiger charge is 2.14. The lowest BCUT2D eigenvalue weighted by Gasteiger charge is -2.06. The van der Waals surface area contributed by atoms with E-state index in [1.54, 1.807) is 22.9 Å². The van der Waals surface area contributed by atoms with Crippen LogP contribution in [0.2, 0.25) is 0 Å². The number of rotatable bonds is 3. The zero-order chi connectivity index (χ0) is 9.97. The predicted octanol–water partition coefficient (Wildman–Crippen LogP) is 2.59. The summed E-state index contributed by atoms with van der Waals surface area (Å²) in [6.45, 7) is 0. The lowest BCUT2D eigenvalue weighted by atomic mass is 10.2. The van der Waals surface area contributed by atoms with Crippen LogP contribution in [0, 0.1) is 5.82 Å². The van der Waals surface area contributed by atoms with Gasteiger partial charge >= 0.3 is 0 Å². The van der Waals surface area contributed by atoms with Crippen LogP contribution in [0.5, 0.6) is 0 Å². The fourth-order valence-corrected chi connectivity index (χ4v) is 2.65. The Kier molecular flexibility index (Phi) is 2.90. The van der Waals surface area contributed by atoms with Gasteiger partial charge in [-0.1, -0.05) is 0 Å². The molecular formula is C9H9FN2S2. The minimum atomic E-state index is -0.277. The number of aromatic nitrogens is 1. The SMILES string of the molecule is NC(Cc1nccs1)c1sccc1F. The van der Waals surface area contributed by atoms with Crippen LogP contribution in [0.3, 0.4) is 0 Å². The Morgan fingerprint density at radius 3 is 2.86 bits per heavy atom. The molecule has 0 amide bonds. The van der Waals surface area contributed by atoms with Gasteiger partial charge in [-0.3, -0.25) is 0 Å². The average molecular weight is 228 g/mol. The van der Waals surface area contributed by atoms with Gasteiger partial charge in [0.2, 0.25) is 0 Å². The Labute approximate surface area is 89.2 Å². The van der Waals surface area contributed by atoms with E-state index in [-0.39, 0.29) is 11.9 Å². The third-order valence-electron chi connectivity index (χ3n) is 1.86. The molecule has 2 rings (SSSR count). The zero-order valence-electron chi connectivity index (χ0n) is 7.31. The van der Waals surface area contributed by atoms with Gasteiger partial charge in [0.1, 0.15) is 5.82 Å². The number of nitrogens with zero attached hydrogens (tertiary/aromatic N) is 1. The number of halogens is 1. The molecule has 74 valence electrons. The molecule has 0 fully saturated rings. The number of nitrogens with two attached hydrogens (primary N) is 1. The summed E-state index contributed by atoms with van der Waals surface area (Å²) in [4.78, 5) is 4.73. The topological polar surface area (TPSA) is 38.9 Å². The lowest BCUT2D eigenvalue weighted by Crippen LogP contribution is -2.12. The third kappa shape index (κ3) is 2.00. The van der Waals surface area contributed by atoms with Gasteiger partial charge in [-0.15, -0.1) is 22.7 Å². The molecule has 0 aliphatic carbocycles. The largest absolute Gasteiger partial charge is 0.323 e. The fourth-order valence-electron chi connectivity index (χ4n) is 1.20. The average Bonchev–Trinajstić information content (AvgIpc) is 2.75. The van der Waals surface area contributed by atoms with Gasteiger partial charge in [0.05, 0.1) is 9.88 Å². The van der Waals surface area contributed by atoms with Gasteiger partial charge in [-0.25, -0.2) is 9.37 Å². The molecule has 1 atom stereocenters. The molecule has 2 N–H and O–H groups in total. The van der Waals surface area contributed by atoms with E-state index in [4.69, 9.17) is 5.73 Å². The van der Waals surface area contributed by atoms with Crippen LogP contribution in [0.1, 0.15) is 15.9 Å². The van der Waals surface area contributed by atoms with Crippen LogP contribution in [0.25, 0.3) is 0 Å². The molecule has 0 spiro atoms. The van der Waals surface area contributed by atoms with Crippen molar-refractivity contribution in [3.05, 3.63) is 38.7 Å². The molecule has 0 aliphatic heterocycles. The first kappa shape index (κ1) is 9.76. The van der Waals surface area contributed by atoms with E-state index in [0.717, 1.165) is 5.01 Å². The lowest BCUT2D eigenvalue weighted by molar-refractivity contribution is 0.592. The van der Waals surface area contributed by atoms with Gasteiger partial charge < -0.3 is 5.73 Å². The summed E-state index contributed by atoms with van der Waals surface area (Å²) in [5.41, 5.74) is 5.87. The van der Waals surface area contributed by atoms with E-state index in [9.17, 15) is 4.39 Å². The zero-order valence-corrected chi connectivity index (χ0v) is 8.95. The summed E-state index contributed by atoms with van der Waals surface area (Å²) < 4.78 is 13.1. The molecule has 2 aromatic rings. The second-order valence-electron chi connectivity index (χ2n) is 2.87. The first-order chi connectivity index (χ1) is 6.77. The van der Waals surface area contributed by atoms with Gasteiger partial charge in [-0.2, -0.15) is 0 Å². The minimum absolute atomic E-state index is 0.209. The molecule has 2 nitrogen and oxygen atoms in total. The molecule has 0 saturated carbocycles. The van der Waals surface area contributed by atoms with Gasteiger partial charge in [0.25, 0.3) is 0 Å². The summed E-state index contributed by atoms with van der Waals surface area (Å²) in [5, 5.41) is 4.56. The van der Waals surface area contributed by atoms with Crippen LogP contribution < -0.4 is 5.73 Å². The van der Waals surface area contributed by atoms with E-state index in [1.165, 1.54) is 17.4 Å². The minimum Gasteiger partial charge on any atom is -0.323 e. The first-order valence-electron chi connectivity index (χ1n) is 4.14. The molecular weight excluding hydrogens is 219 g/mol. The van der Waals surface area contributed by atoms with Crippen molar-refractivity contribution in [1.29, 1.82) is 0 Å². The Bertz CT molecular complexity index is 397. The smallest absolute Gasteiger partial charge is 0.138 e. The molecule has 0 radical (unpaired) electrons. The second kappa shape index (κ2) is 4.16. The van der Waals surface area contributed by atoms with Gasteiger partial charge in [0.15, 0.2) is 0 Å². The van der Waals surface area contributed by atoms with Crippen molar-refractivity contribution in [2.75, 3.05) is 0 Å². The summed E-state index contributed by atoms with van der Waals surface area (Å²) in [5.74, 6) is -0.209. The van der Waals surface area contributed by atoms with Crippen molar-refractivity contribution in [2.45, 2.75) is 12.5 Å².